The summed E-state index contributed by atoms with van der Waals surface area (Å²) in [6.07, 6.45) is 0. The lowest BCUT2D eigenvalue weighted by atomic mass is 10.2. The summed E-state index contributed by atoms with van der Waals surface area (Å²) in [6, 6.07) is 39.5. The van der Waals surface area contributed by atoms with Gasteiger partial charge in [0.05, 0.1) is 5.69 Å². The second-order valence-corrected chi connectivity index (χ2v) is 8.54. The fourth-order valence-electron chi connectivity index (χ4n) is 3.13. The highest BCUT2D eigenvalue weighted by molar-refractivity contribution is 7.80. The van der Waals surface area contributed by atoms with Crippen LogP contribution in [0.15, 0.2) is 120 Å². The molecule has 2 N–H and O–H groups in total. The summed E-state index contributed by atoms with van der Waals surface area (Å²) in [5, 5.41) is 3.79. The largest absolute Gasteiger partial charge is 0.383 e. The van der Waals surface area contributed by atoms with Gasteiger partial charge >= 0.3 is 0 Å². The summed E-state index contributed by atoms with van der Waals surface area (Å²) < 4.78 is 0. The molecule has 0 aliphatic heterocycles. The van der Waals surface area contributed by atoms with Gasteiger partial charge < -0.3 is 5.73 Å². The van der Waals surface area contributed by atoms with Gasteiger partial charge in [-0.3, -0.25) is 0 Å². The highest BCUT2D eigenvalue weighted by Crippen LogP contribution is 2.36. The first-order valence-corrected chi connectivity index (χ1v) is 10.6. The van der Waals surface area contributed by atoms with Gasteiger partial charge in [0.15, 0.2) is 0 Å². The maximum absolute atomic E-state index is 6.33. The van der Waals surface area contributed by atoms with Gasteiger partial charge in [0, 0.05) is 10.9 Å². The lowest BCUT2D eigenvalue weighted by Gasteiger charge is -2.21. The van der Waals surface area contributed by atoms with E-state index in [0.29, 0.717) is 5.84 Å². The van der Waals surface area contributed by atoms with Crippen LogP contribution in [0.25, 0.3) is 0 Å². The average Bonchev–Trinajstić information content (AvgIpc) is 2.77. The summed E-state index contributed by atoms with van der Waals surface area (Å²) in [7, 11) is -0.729. The van der Waals surface area contributed by atoms with Gasteiger partial charge in [-0.1, -0.05) is 109 Å². The summed E-state index contributed by atoms with van der Waals surface area (Å²) in [6.45, 7) is 0. The van der Waals surface area contributed by atoms with Crippen molar-refractivity contribution in [3.63, 3.8) is 0 Å². The molecule has 0 aromatic heterocycles. The highest BCUT2D eigenvalue weighted by atomic mass is 31.1. The number of benzene rings is 4. The van der Waals surface area contributed by atoms with E-state index in [1.165, 1.54) is 15.9 Å². The van der Waals surface area contributed by atoms with Crippen LogP contribution in [0.2, 0.25) is 0 Å². The van der Waals surface area contributed by atoms with Gasteiger partial charge in [0.1, 0.15) is 5.84 Å². The van der Waals surface area contributed by atoms with Crippen LogP contribution in [0.4, 0.5) is 5.69 Å². The van der Waals surface area contributed by atoms with Crippen molar-refractivity contribution in [1.29, 1.82) is 0 Å². The average molecular weight is 380 g/mol. The predicted octanol–water partition coefficient (Wildman–Crippen LogP) is 4.48. The monoisotopic (exact) mass is 380 g/mol. The molecule has 0 fully saturated rings. The van der Waals surface area contributed by atoms with Crippen molar-refractivity contribution in [3.05, 3.63) is 121 Å². The Kier molecular flexibility index (Phi) is 5.61. The molecule has 0 heterocycles. The van der Waals surface area contributed by atoms with Gasteiger partial charge in [-0.15, -0.1) is 0 Å². The van der Waals surface area contributed by atoms with Crippen molar-refractivity contribution in [2.45, 2.75) is 0 Å². The normalized spacial score (nSPS) is 11.5. The minimum atomic E-state index is -0.729. The van der Waals surface area contributed by atoms with Crippen molar-refractivity contribution in [2.24, 2.45) is 10.7 Å². The molecule has 4 aromatic rings. The third-order valence-electron chi connectivity index (χ3n) is 4.46. The Morgan fingerprint density at radius 3 is 1.61 bits per heavy atom. The fraction of sp³-hybridized carbons (Fsp3) is 0. The summed E-state index contributed by atoms with van der Waals surface area (Å²) in [5.41, 5.74) is 8.18. The molecule has 0 saturated carbocycles. The van der Waals surface area contributed by atoms with Crippen molar-refractivity contribution < 1.29 is 0 Å². The van der Waals surface area contributed by atoms with Crippen molar-refractivity contribution in [2.75, 3.05) is 0 Å². The molecular weight excluding hydrogens is 359 g/mol. The van der Waals surface area contributed by atoms with Gasteiger partial charge in [-0.2, -0.15) is 0 Å². The molecule has 3 heteroatoms. The van der Waals surface area contributed by atoms with Crippen LogP contribution in [-0.2, 0) is 0 Å². The second kappa shape index (κ2) is 8.65. The van der Waals surface area contributed by atoms with E-state index in [2.05, 4.69) is 72.8 Å². The third kappa shape index (κ3) is 4.03. The van der Waals surface area contributed by atoms with E-state index in [-0.39, 0.29) is 0 Å². The first kappa shape index (κ1) is 18.2. The summed E-state index contributed by atoms with van der Waals surface area (Å²) >= 11 is 0. The molecule has 0 atom stereocenters. The highest BCUT2D eigenvalue weighted by Gasteiger charge is 2.19. The molecule has 0 aliphatic carbocycles. The van der Waals surface area contributed by atoms with Gasteiger partial charge in [-0.05, 0) is 24.6 Å². The molecule has 28 heavy (non-hydrogen) atoms. The van der Waals surface area contributed by atoms with E-state index >= 15 is 0 Å². The van der Waals surface area contributed by atoms with E-state index in [1.54, 1.807) is 0 Å². The fourth-order valence-corrected chi connectivity index (χ4v) is 5.52. The molecule has 0 bridgehead atoms. The lowest BCUT2D eigenvalue weighted by molar-refractivity contribution is 1.47. The number of rotatable bonds is 5. The topological polar surface area (TPSA) is 38.4 Å². The zero-order chi connectivity index (χ0) is 19.2. The summed E-state index contributed by atoms with van der Waals surface area (Å²) in [5.74, 6) is 0.532. The Morgan fingerprint density at radius 2 is 1.04 bits per heavy atom. The van der Waals surface area contributed by atoms with Crippen LogP contribution in [0.5, 0.6) is 0 Å². The van der Waals surface area contributed by atoms with Crippen LogP contribution in [0, 0.1) is 0 Å². The van der Waals surface area contributed by atoms with Crippen molar-refractivity contribution in [3.8, 4) is 0 Å². The lowest BCUT2D eigenvalue weighted by Crippen LogP contribution is -2.21. The maximum atomic E-state index is 6.33. The van der Waals surface area contributed by atoms with Crippen molar-refractivity contribution in [1.82, 2.24) is 0 Å². The van der Waals surface area contributed by atoms with Gasteiger partial charge in [0.25, 0.3) is 0 Å². The molecule has 0 unspecified atom stereocenters. The number of amidine groups is 1. The summed E-state index contributed by atoms with van der Waals surface area (Å²) in [4.78, 5) is 4.81. The second-order valence-electron chi connectivity index (χ2n) is 6.36. The first-order chi connectivity index (χ1) is 13.8. The quantitative estimate of drug-likeness (QED) is 0.309. The zero-order valence-corrected chi connectivity index (χ0v) is 16.3. The standard InChI is InChI=1S/C25H21N2P/c26-25(20-12-4-1-5-13-20)27-23-18-10-11-19-24(23)28(21-14-6-2-7-15-21)22-16-8-3-9-17-22/h1-19H,(H2,26,27). The molecule has 0 spiro atoms. The Labute approximate surface area is 167 Å². The molecule has 0 saturated heterocycles. The van der Waals surface area contributed by atoms with E-state index in [9.17, 15) is 0 Å². The molecule has 0 aliphatic rings. The van der Waals surface area contributed by atoms with Crippen LogP contribution in [0.1, 0.15) is 5.56 Å². The molecule has 0 amide bonds. The minimum absolute atomic E-state index is 0.532. The Balaban J connectivity index is 1.85. The van der Waals surface area contributed by atoms with Crippen molar-refractivity contribution >= 4 is 35.4 Å². The molecule has 4 rings (SSSR count). The SMILES string of the molecule is NC(=Nc1ccccc1P(c1ccccc1)c1ccccc1)c1ccccc1. The Morgan fingerprint density at radius 1 is 0.571 bits per heavy atom. The number of nitrogens with zero attached hydrogens (tertiary/aromatic N) is 1. The van der Waals surface area contributed by atoms with Gasteiger partial charge in [-0.25, -0.2) is 4.99 Å². The maximum Gasteiger partial charge on any atom is 0.131 e. The van der Waals surface area contributed by atoms with Crippen LogP contribution in [0.3, 0.4) is 0 Å². The molecule has 4 aromatic carbocycles. The number of para-hydroxylation sites is 1. The van der Waals surface area contributed by atoms with Crippen LogP contribution in [-0.4, -0.2) is 5.84 Å². The van der Waals surface area contributed by atoms with E-state index in [0.717, 1.165) is 11.3 Å². The first-order valence-electron chi connectivity index (χ1n) is 9.22. The number of nitrogens with two attached hydrogens (primary N) is 1. The van der Waals surface area contributed by atoms with E-state index in [4.69, 9.17) is 10.7 Å². The van der Waals surface area contributed by atoms with E-state index in [1.807, 2.05) is 42.5 Å². The minimum Gasteiger partial charge on any atom is -0.383 e. The third-order valence-corrected chi connectivity index (χ3v) is 6.95. The molecule has 136 valence electrons. The Hall–Kier alpha value is -3.22. The predicted molar refractivity (Wildman–Crippen MR) is 122 cm³/mol. The molecule has 0 radical (unpaired) electrons. The van der Waals surface area contributed by atoms with Gasteiger partial charge in [0.2, 0.25) is 0 Å². The smallest absolute Gasteiger partial charge is 0.131 e. The van der Waals surface area contributed by atoms with E-state index < -0.39 is 7.92 Å². The Bertz CT molecular complexity index is 1020. The zero-order valence-electron chi connectivity index (χ0n) is 15.4. The van der Waals surface area contributed by atoms with Crippen LogP contribution >= 0.6 is 7.92 Å². The number of aliphatic imine (C=N–C) groups is 1. The van der Waals surface area contributed by atoms with Crippen LogP contribution < -0.4 is 21.6 Å². The number of hydrogen-bond donors (Lipinski definition) is 1. The molecular formula is C25H21N2P. The molecule has 2 nitrogen and oxygen atoms in total. The number of hydrogen-bond acceptors (Lipinski definition) is 1.